The van der Waals surface area contributed by atoms with E-state index in [0.29, 0.717) is 0 Å². The summed E-state index contributed by atoms with van der Waals surface area (Å²) >= 11 is 0. The highest BCUT2D eigenvalue weighted by Crippen LogP contribution is 2.20. The van der Waals surface area contributed by atoms with Crippen LogP contribution < -0.4 is 0 Å². The first-order valence-corrected chi connectivity index (χ1v) is 7.23. The van der Waals surface area contributed by atoms with Gasteiger partial charge in [-0.1, -0.05) is 6.07 Å². The fourth-order valence-corrected chi connectivity index (χ4v) is 2.41. The van der Waals surface area contributed by atoms with E-state index in [4.69, 9.17) is 0 Å². The number of aromatic nitrogens is 2. The zero-order chi connectivity index (χ0) is 15.5. The van der Waals surface area contributed by atoms with E-state index < -0.39 is 5.54 Å². The number of carbonyl (C=O) groups is 1. The second kappa shape index (κ2) is 6.12. The lowest BCUT2D eigenvalue weighted by Gasteiger charge is -2.34. The Balaban J connectivity index is 2.08. The molecule has 0 saturated heterocycles. The van der Waals surface area contributed by atoms with E-state index in [9.17, 15) is 4.79 Å². The number of hydrogen-bond donors (Lipinski definition) is 0. The highest BCUT2D eigenvalue weighted by molar-refractivity contribution is 5.83. The van der Waals surface area contributed by atoms with Crippen LogP contribution in [0, 0.1) is 0 Å². The van der Waals surface area contributed by atoms with Gasteiger partial charge < -0.3 is 9.47 Å². The zero-order valence-corrected chi connectivity index (χ0v) is 13.2. The van der Waals surface area contributed by atoms with Crippen molar-refractivity contribution in [1.82, 2.24) is 14.5 Å². The Morgan fingerprint density at radius 3 is 2.52 bits per heavy atom. The van der Waals surface area contributed by atoms with E-state index in [0.717, 1.165) is 12.1 Å². The molecule has 2 heterocycles. The summed E-state index contributed by atoms with van der Waals surface area (Å²) in [7, 11) is 1.86. The minimum atomic E-state index is -0.587. The number of carbonyl (C=O) groups excluding carboxylic acids is 1. The topological polar surface area (TPSA) is 38.1 Å². The lowest BCUT2D eigenvalue weighted by Crippen LogP contribution is -2.48. The number of likely N-dealkylation sites (N-methyl/N-ethyl adjacent to an activating group) is 1. The van der Waals surface area contributed by atoms with Gasteiger partial charge >= 0.3 is 0 Å². The molecule has 0 spiro atoms. The molecule has 0 radical (unpaired) electrons. The van der Waals surface area contributed by atoms with Crippen LogP contribution in [0.4, 0.5) is 0 Å². The highest BCUT2D eigenvalue weighted by Gasteiger charge is 2.33. The summed E-state index contributed by atoms with van der Waals surface area (Å²) in [4.78, 5) is 18.9. The number of pyridine rings is 1. The van der Waals surface area contributed by atoms with Crippen LogP contribution in [0.1, 0.15) is 26.5 Å². The molecule has 4 heteroatoms. The van der Waals surface area contributed by atoms with Gasteiger partial charge in [-0.25, -0.2) is 0 Å². The third-order valence-electron chi connectivity index (χ3n) is 3.99. The monoisotopic (exact) mass is 285 g/mol. The quantitative estimate of drug-likeness (QED) is 0.847. The Bertz CT molecular complexity index is 575. The van der Waals surface area contributed by atoms with Gasteiger partial charge in [0.1, 0.15) is 5.54 Å². The Labute approximate surface area is 126 Å². The maximum absolute atomic E-state index is 12.8. The van der Waals surface area contributed by atoms with Crippen LogP contribution in [0.5, 0.6) is 0 Å². The molecule has 0 unspecified atom stereocenters. The molecule has 2 aromatic heterocycles. The van der Waals surface area contributed by atoms with E-state index in [1.807, 2.05) is 73.1 Å². The van der Waals surface area contributed by atoms with Crippen LogP contribution in [0.3, 0.4) is 0 Å². The largest absolute Gasteiger partial charge is 0.341 e. The van der Waals surface area contributed by atoms with Crippen molar-refractivity contribution in [2.45, 2.75) is 38.8 Å². The summed E-state index contributed by atoms with van der Waals surface area (Å²) < 4.78 is 1.94. The Morgan fingerprint density at radius 2 is 1.95 bits per heavy atom. The molecule has 0 bridgehead atoms. The van der Waals surface area contributed by atoms with Crippen LogP contribution >= 0.6 is 0 Å². The number of hydrogen-bond acceptors (Lipinski definition) is 2. The summed E-state index contributed by atoms with van der Waals surface area (Å²) in [6.45, 7) is 5.94. The lowest BCUT2D eigenvalue weighted by molar-refractivity contribution is -0.139. The van der Waals surface area contributed by atoms with Crippen molar-refractivity contribution < 1.29 is 4.79 Å². The predicted octanol–water partition coefficient (Wildman–Crippen LogP) is 2.71. The van der Waals surface area contributed by atoms with Gasteiger partial charge in [0.25, 0.3) is 0 Å². The summed E-state index contributed by atoms with van der Waals surface area (Å²) in [5.74, 6) is 0.0992. The van der Waals surface area contributed by atoms with Crippen LogP contribution in [-0.2, 0) is 16.8 Å². The standard InChI is InChI=1S/C17H23N3O/c1-14(13-15-9-5-6-10-18-15)19(4)16(21)17(2,3)20-11-7-8-12-20/h5-12,14H,13H2,1-4H3/t14-/m0/s1. The van der Waals surface area contributed by atoms with Crippen LogP contribution in [0.25, 0.3) is 0 Å². The molecule has 4 nitrogen and oxygen atoms in total. The normalized spacial score (nSPS) is 13.0. The van der Waals surface area contributed by atoms with Gasteiger partial charge in [-0.05, 0) is 45.0 Å². The first kappa shape index (κ1) is 15.3. The van der Waals surface area contributed by atoms with Crippen molar-refractivity contribution in [3.05, 3.63) is 54.6 Å². The van der Waals surface area contributed by atoms with E-state index in [1.54, 1.807) is 6.20 Å². The molecule has 0 fully saturated rings. The van der Waals surface area contributed by atoms with Gasteiger partial charge in [-0.15, -0.1) is 0 Å². The molecular weight excluding hydrogens is 262 g/mol. The Morgan fingerprint density at radius 1 is 1.29 bits per heavy atom. The van der Waals surface area contributed by atoms with Gasteiger partial charge in [0.15, 0.2) is 0 Å². The molecule has 0 N–H and O–H groups in total. The fourth-order valence-electron chi connectivity index (χ4n) is 2.41. The highest BCUT2D eigenvalue weighted by atomic mass is 16.2. The summed E-state index contributed by atoms with van der Waals surface area (Å²) in [6.07, 6.45) is 6.39. The van der Waals surface area contributed by atoms with Crippen LogP contribution in [-0.4, -0.2) is 33.4 Å². The van der Waals surface area contributed by atoms with E-state index in [-0.39, 0.29) is 11.9 Å². The summed E-state index contributed by atoms with van der Waals surface area (Å²) in [5, 5.41) is 0. The molecular formula is C17H23N3O. The van der Waals surface area contributed by atoms with Gasteiger partial charge in [0.05, 0.1) is 0 Å². The van der Waals surface area contributed by atoms with Crippen molar-refractivity contribution in [3.8, 4) is 0 Å². The van der Waals surface area contributed by atoms with Crippen LogP contribution in [0.2, 0.25) is 0 Å². The second-order valence-electron chi connectivity index (χ2n) is 5.94. The first-order valence-electron chi connectivity index (χ1n) is 7.23. The van der Waals surface area contributed by atoms with Crippen molar-refractivity contribution in [3.63, 3.8) is 0 Å². The van der Waals surface area contributed by atoms with Crippen LogP contribution in [0.15, 0.2) is 48.9 Å². The summed E-state index contributed by atoms with van der Waals surface area (Å²) in [5.41, 5.74) is 0.416. The van der Waals surface area contributed by atoms with Crippen molar-refractivity contribution in [2.75, 3.05) is 7.05 Å². The molecule has 2 aromatic rings. The third-order valence-corrected chi connectivity index (χ3v) is 3.99. The maximum Gasteiger partial charge on any atom is 0.248 e. The van der Waals surface area contributed by atoms with E-state index in [1.165, 1.54) is 0 Å². The molecule has 0 aliphatic heterocycles. The average Bonchev–Trinajstić information content (AvgIpc) is 3.01. The summed E-state index contributed by atoms with van der Waals surface area (Å²) in [6, 6.07) is 9.84. The zero-order valence-electron chi connectivity index (χ0n) is 13.2. The predicted molar refractivity (Wildman–Crippen MR) is 83.9 cm³/mol. The number of rotatable bonds is 5. The Kier molecular flexibility index (Phi) is 4.46. The molecule has 2 rings (SSSR count). The third kappa shape index (κ3) is 3.32. The molecule has 0 aromatic carbocycles. The molecule has 1 amide bonds. The second-order valence-corrected chi connectivity index (χ2v) is 5.94. The molecule has 112 valence electrons. The van der Waals surface area contributed by atoms with Gasteiger partial charge in [0.2, 0.25) is 5.91 Å². The van der Waals surface area contributed by atoms with Crippen molar-refractivity contribution >= 4 is 5.91 Å². The molecule has 1 atom stereocenters. The van der Waals surface area contributed by atoms with Gasteiger partial charge in [-0.2, -0.15) is 0 Å². The first-order chi connectivity index (χ1) is 9.93. The van der Waals surface area contributed by atoms with Crippen molar-refractivity contribution in [1.29, 1.82) is 0 Å². The molecule has 21 heavy (non-hydrogen) atoms. The lowest BCUT2D eigenvalue weighted by atomic mass is 10.0. The molecule has 0 saturated carbocycles. The Hall–Kier alpha value is -2.10. The van der Waals surface area contributed by atoms with Gasteiger partial charge in [0, 0.05) is 43.8 Å². The molecule has 0 aliphatic carbocycles. The average molecular weight is 285 g/mol. The smallest absolute Gasteiger partial charge is 0.248 e. The minimum absolute atomic E-state index is 0.0992. The van der Waals surface area contributed by atoms with Crippen molar-refractivity contribution in [2.24, 2.45) is 0 Å². The SMILES string of the molecule is C[C@@H](Cc1ccccn1)N(C)C(=O)C(C)(C)n1cccc1. The number of nitrogens with zero attached hydrogens (tertiary/aromatic N) is 3. The van der Waals surface area contributed by atoms with Gasteiger partial charge in [-0.3, -0.25) is 9.78 Å². The van der Waals surface area contributed by atoms with E-state index >= 15 is 0 Å². The molecule has 0 aliphatic rings. The van der Waals surface area contributed by atoms with E-state index in [2.05, 4.69) is 11.9 Å². The maximum atomic E-state index is 12.8. The fraction of sp³-hybridized carbons (Fsp3) is 0.412. The number of amides is 1. The minimum Gasteiger partial charge on any atom is -0.341 e.